The minimum Gasteiger partial charge on any atom is -0.397 e. The lowest BCUT2D eigenvalue weighted by molar-refractivity contribution is 0.161. The molecule has 0 aliphatic heterocycles. The molecule has 0 saturated carbocycles. The van der Waals surface area contributed by atoms with Gasteiger partial charge in [0.05, 0.1) is 0 Å². The molecule has 0 aromatic carbocycles. The van der Waals surface area contributed by atoms with Crippen LogP contribution in [0.15, 0.2) is 0 Å². The van der Waals surface area contributed by atoms with Crippen LogP contribution in [-0.2, 0) is 8.85 Å². The summed E-state index contributed by atoms with van der Waals surface area (Å²) in [6.07, 6.45) is 12.1. The van der Waals surface area contributed by atoms with Crippen LogP contribution in [0.5, 0.6) is 0 Å². The third-order valence-electron chi connectivity index (χ3n) is 6.17. The van der Waals surface area contributed by atoms with E-state index in [0.717, 1.165) is 6.04 Å². The summed E-state index contributed by atoms with van der Waals surface area (Å²) in [5.74, 6) is 1.32. The van der Waals surface area contributed by atoms with E-state index in [9.17, 15) is 0 Å². The van der Waals surface area contributed by atoms with Crippen LogP contribution in [0.2, 0.25) is 11.1 Å². The third kappa shape index (κ3) is 6.80. The van der Waals surface area contributed by atoms with Crippen molar-refractivity contribution in [3.63, 3.8) is 0 Å². The second-order valence-electron chi connectivity index (χ2n) is 8.37. The van der Waals surface area contributed by atoms with Crippen LogP contribution < -0.4 is 0 Å². The van der Waals surface area contributed by atoms with Gasteiger partial charge in [-0.3, -0.25) is 0 Å². The first-order valence-electron chi connectivity index (χ1n) is 10.4. The molecule has 0 heterocycles. The van der Waals surface area contributed by atoms with Crippen LogP contribution in [0.25, 0.3) is 0 Å². The van der Waals surface area contributed by atoms with Gasteiger partial charge in [-0.25, -0.2) is 0 Å². The smallest absolute Gasteiger partial charge is 0.343 e. The van der Waals surface area contributed by atoms with Gasteiger partial charge < -0.3 is 8.85 Å². The van der Waals surface area contributed by atoms with Gasteiger partial charge in [0.1, 0.15) is 0 Å². The summed E-state index contributed by atoms with van der Waals surface area (Å²) < 4.78 is 12.3. The first-order valence-corrected chi connectivity index (χ1v) is 12.5. The van der Waals surface area contributed by atoms with Gasteiger partial charge in [-0.05, 0) is 17.9 Å². The first kappa shape index (κ1) is 24.1. The van der Waals surface area contributed by atoms with Crippen LogP contribution in [0.1, 0.15) is 99.3 Å². The zero-order valence-corrected chi connectivity index (χ0v) is 19.0. The summed E-state index contributed by atoms with van der Waals surface area (Å²) in [5.41, 5.74) is 0. The summed E-state index contributed by atoms with van der Waals surface area (Å²) in [7, 11) is 1.57. The molecule has 0 radical (unpaired) electrons. The largest absolute Gasteiger partial charge is 0.397 e. The molecular weight excluding hydrogens is 312 g/mol. The molecule has 1 atom stereocenters. The lowest BCUT2D eigenvalue weighted by Gasteiger charge is -2.47. The highest BCUT2D eigenvalue weighted by atomic mass is 28.4. The standard InChI is InChI=1S/C21H46O2Si/c1-9-11-12-13-14-15-16-17-18-24(22-7,23-8)21(5,6)20(10-2)19(3)4/h19-20H,9-18H2,1-8H3. The zero-order chi connectivity index (χ0) is 18.6. The monoisotopic (exact) mass is 358 g/mol. The van der Waals surface area contributed by atoms with E-state index in [0.29, 0.717) is 11.8 Å². The lowest BCUT2D eigenvalue weighted by Crippen LogP contribution is -2.53. The average molecular weight is 359 g/mol. The van der Waals surface area contributed by atoms with Crippen molar-refractivity contribution in [2.24, 2.45) is 11.8 Å². The van der Waals surface area contributed by atoms with Crippen LogP contribution in [0, 0.1) is 11.8 Å². The van der Waals surface area contributed by atoms with Crippen molar-refractivity contribution in [3.05, 3.63) is 0 Å². The van der Waals surface area contributed by atoms with Crippen molar-refractivity contribution in [1.29, 1.82) is 0 Å². The van der Waals surface area contributed by atoms with E-state index in [1.54, 1.807) is 0 Å². The fourth-order valence-electron chi connectivity index (χ4n) is 4.72. The van der Waals surface area contributed by atoms with Crippen LogP contribution >= 0.6 is 0 Å². The average Bonchev–Trinajstić information content (AvgIpc) is 2.53. The van der Waals surface area contributed by atoms with Crippen molar-refractivity contribution in [2.45, 2.75) is 110 Å². The Kier molecular flexibility index (Phi) is 12.6. The molecule has 24 heavy (non-hydrogen) atoms. The van der Waals surface area contributed by atoms with Crippen molar-refractivity contribution >= 4 is 8.56 Å². The van der Waals surface area contributed by atoms with Gasteiger partial charge in [0, 0.05) is 19.3 Å². The molecule has 0 fully saturated rings. The Hall–Kier alpha value is 0.137. The Morgan fingerprint density at radius 3 is 1.62 bits per heavy atom. The molecule has 0 aromatic rings. The predicted molar refractivity (Wildman–Crippen MR) is 110 cm³/mol. The maximum atomic E-state index is 6.16. The highest BCUT2D eigenvalue weighted by Gasteiger charge is 2.54. The quantitative estimate of drug-likeness (QED) is 0.225. The second-order valence-corrected chi connectivity index (χ2v) is 12.5. The molecule has 3 heteroatoms. The Labute approximate surface area is 154 Å². The molecule has 0 bridgehead atoms. The molecule has 146 valence electrons. The Balaban J connectivity index is 4.59. The van der Waals surface area contributed by atoms with E-state index in [1.807, 2.05) is 14.2 Å². The molecule has 0 amide bonds. The van der Waals surface area contributed by atoms with Crippen molar-refractivity contribution in [2.75, 3.05) is 14.2 Å². The summed E-state index contributed by atoms with van der Waals surface area (Å²) >= 11 is 0. The SMILES string of the molecule is CCCCCCCCCC[Si](OC)(OC)C(C)(C)C(CC)C(C)C. The fourth-order valence-corrected chi connectivity index (χ4v) is 8.81. The Morgan fingerprint density at radius 1 is 0.792 bits per heavy atom. The number of unbranched alkanes of at least 4 members (excludes halogenated alkanes) is 7. The molecular formula is C21H46O2Si. The van der Waals surface area contributed by atoms with Gasteiger partial charge >= 0.3 is 8.56 Å². The van der Waals surface area contributed by atoms with Crippen molar-refractivity contribution < 1.29 is 8.85 Å². The van der Waals surface area contributed by atoms with E-state index in [4.69, 9.17) is 8.85 Å². The number of rotatable bonds is 15. The van der Waals surface area contributed by atoms with Gasteiger partial charge in [0.2, 0.25) is 0 Å². The summed E-state index contributed by atoms with van der Waals surface area (Å²) in [6, 6.07) is 1.13. The van der Waals surface area contributed by atoms with Crippen molar-refractivity contribution in [1.82, 2.24) is 0 Å². The molecule has 0 rings (SSSR count). The van der Waals surface area contributed by atoms with Gasteiger partial charge in [0.25, 0.3) is 0 Å². The maximum absolute atomic E-state index is 6.16. The van der Waals surface area contributed by atoms with E-state index >= 15 is 0 Å². The van der Waals surface area contributed by atoms with Crippen LogP contribution in [-0.4, -0.2) is 22.8 Å². The molecule has 0 saturated heterocycles. The minimum absolute atomic E-state index is 0.139. The molecule has 0 N–H and O–H groups in total. The molecule has 2 nitrogen and oxygen atoms in total. The van der Waals surface area contributed by atoms with E-state index < -0.39 is 8.56 Å². The van der Waals surface area contributed by atoms with Crippen LogP contribution in [0.3, 0.4) is 0 Å². The molecule has 0 spiro atoms. The normalized spacial score (nSPS) is 14.4. The molecule has 0 aliphatic carbocycles. The maximum Gasteiger partial charge on any atom is 0.343 e. The van der Waals surface area contributed by atoms with Gasteiger partial charge in [-0.15, -0.1) is 0 Å². The number of hydrogen-bond donors (Lipinski definition) is 0. The zero-order valence-electron chi connectivity index (χ0n) is 18.0. The predicted octanol–water partition coefficient (Wildman–Crippen LogP) is 7.32. The second kappa shape index (κ2) is 12.5. The molecule has 0 aromatic heterocycles. The van der Waals surface area contributed by atoms with E-state index in [1.165, 1.54) is 57.8 Å². The Bertz CT molecular complexity index is 298. The highest BCUT2D eigenvalue weighted by molar-refractivity contribution is 6.70. The summed E-state index contributed by atoms with van der Waals surface area (Å²) in [5, 5.41) is 0.139. The third-order valence-corrected chi connectivity index (χ3v) is 10.8. The first-order chi connectivity index (χ1) is 11.3. The van der Waals surface area contributed by atoms with E-state index in [2.05, 4.69) is 41.5 Å². The lowest BCUT2D eigenvalue weighted by atomic mass is 9.83. The Morgan fingerprint density at radius 2 is 1.25 bits per heavy atom. The topological polar surface area (TPSA) is 18.5 Å². The molecule has 0 aliphatic rings. The highest BCUT2D eigenvalue weighted by Crippen LogP contribution is 2.51. The van der Waals surface area contributed by atoms with Gasteiger partial charge in [-0.1, -0.05) is 99.3 Å². The van der Waals surface area contributed by atoms with Crippen LogP contribution in [0.4, 0.5) is 0 Å². The summed E-state index contributed by atoms with van der Waals surface area (Å²) in [6.45, 7) is 14.1. The van der Waals surface area contributed by atoms with Gasteiger partial charge in [-0.2, -0.15) is 0 Å². The van der Waals surface area contributed by atoms with E-state index in [-0.39, 0.29) is 5.04 Å². The minimum atomic E-state index is -2.20. The fraction of sp³-hybridized carbons (Fsp3) is 1.00. The molecule has 1 unspecified atom stereocenters. The number of hydrogen-bond acceptors (Lipinski definition) is 2. The summed E-state index contributed by atoms with van der Waals surface area (Å²) in [4.78, 5) is 0. The van der Waals surface area contributed by atoms with Crippen molar-refractivity contribution in [3.8, 4) is 0 Å². The van der Waals surface area contributed by atoms with Gasteiger partial charge in [0.15, 0.2) is 0 Å².